The van der Waals surface area contributed by atoms with E-state index < -0.39 is 5.91 Å². The summed E-state index contributed by atoms with van der Waals surface area (Å²) in [6.45, 7) is 0. The number of nitrogens with two attached hydrogens (primary N) is 1. The smallest absolute Gasteiger partial charge is 0.250 e. The van der Waals surface area contributed by atoms with Crippen molar-refractivity contribution in [3.63, 3.8) is 0 Å². The van der Waals surface area contributed by atoms with Gasteiger partial charge in [0.25, 0.3) is 0 Å². The number of carbonyl (C=O) groups excluding carboxylic acids is 1. The lowest BCUT2D eigenvalue weighted by Gasteiger charge is -2.17. The highest BCUT2D eigenvalue weighted by Gasteiger charge is 2.10. The molecule has 0 radical (unpaired) electrons. The SMILES string of the molecule is NC(=O)c1cc(/C=C/C2CCCCC2)ccc1Cl. The highest BCUT2D eigenvalue weighted by atomic mass is 35.5. The molecule has 1 aromatic rings. The molecule has 0 spiro atoms. The molecule has 2 rings (SSSR count). The van der Waals surface area contributed by atoms with E-state index in [9.17, 15) is 4.79 Å². The van der Waals surface area contributed by atoms with Gasteiger partial charge in [-0.25, -0.2) is 0 Å². The highest BCUT2D eigenvalue weighted by Crippen LogP contribution is 2.26. The second-order valence-electron chi connectivity index (χ2n) is 4.86. The van der Waals surface area contributed by atoms with E-state index in [1.165, 1.54) is 32.1 Å². The maximum atomic E-state index is 11.2. The van der Waals surface area contributed by atoms with Gasteiger partial charge in [0.05, 0.1) is 10.6 Å². The summed E-state index contributed by atoms with van der Waals surface area (Å²) >= 11 is 5.92. The Kier molecular flexibility index (Phi) is 4.43. The molecule has 96 valence electrons. The van der Waals surface area contributed by atoms with Gasteiger partial charge < -0.3 is 5.73 Å². The van der Waals surface area contributed by atoms with E-state index in [4.69, 9.17) is 17.3 Å². The third-order valence-corrected chi connectivity index (χ3v) is 3.80. The molecule has 18 heavy (non-hydrogen) atoms. The number of primary amides is 1. The van der Waals surface area contributed by atoms with Crippen molar-refractivity contribution < 1.29 is 4.79 Å². The largest absolute Gasteiger partial charge is 0.366 e. The van der Waals surface area contributed by atoms with Gasteiger partial charge in [-0.15, -0.1) is 0 Å². The normalized spacial score (nSPS) is 17.2. The second-order valence-corrected chi connectivity index (χ2v) is 5.27. The Morgan fingerprint density at radius 2 is 2.00 bits per heavy atom. The zero-order valence-electron chi connectivity index (χ0n) is 10.4. The molecular weight excluding hydrogens is 246 g/mol. The minimum Gasteiger partial charge on any atom is -0.366 e. The number of hydrogen-bond acceptors (Lipinski definition) is 1. The standard InChI is InChI=1S/C15H18ClNO/c16-14-9-8-12(10-13(14)15(17)18)7-6-11-4-2-1-3-5-11/h6-11H,1-5H2,(H2,17,18)/b7-6+. The molecule has 3 heteroatoms. The minimum atomic E-state index is -0.479. The van der Waals surface area contributed by atoms with Crippen LogP contribution in [0, 0.1) is 5.92 Å². The van der Waals surface area contributed by atoms with Gasteiger partial charge in [0, 0.05) is 0 Å². The molecule has 0 bridgehead atoms. The van der Waals surface area contributed by atoms with Crippen LogP contribution in [0.15, 0.2) is 24.3 Å². The van der Waals surface area contributed by atoms with Crippen LogP contribution in [0.25, 0.3) is 6.08 Å². The molecule has 1 aliphatic carbocycles. The van der Waals surface area contributed by atoms with E-state index in [-0.39, 0.29) is 0 Å². The predicted octanol–water partition coefficient (Wildman–Crippen LogP) is 4.03. The van der Waals surface area contributed by atoms with Gasteiger partial charge in [-0.1, -0.05) is 49.1 Å². The van der Waals surface area contributed by atoms with Crippen LogP contribution in [0.4, 0.5) is 0 Å². The number of benzene rings is 1. The summed E-state index contributed by atoms with van der Waals surface area (Å²) in [6, 6.07) is 5.39. The van der Waals surface area contributed by atoms with Gasteiger partial charge in [-0.2, -0.15) is 0 Å². The summed E-state index contributed by atoms with van der Waals surface area (Å²) in [4.78, 5) is 11.2. The first-order valence-corrected chi connectivity index (χ1v) is 6.82. The molecule has 0 atom stereocenters. The summed E-state index contributed by atoms with van der Waals surface area (Å²) in [5.41, 5.74) is 6.65. The third-order valence-electron chi connectivity index (χ3n) is 3.47. The Bertz CT molecular complexity index is 462. The fraction of sp³-hybridized carbons (Fsp3) is 0.400. The van der Waals surface area contributed by atoms with Crippen molar-refractivity contribution in [3.05, 3.63) is 40.4 Å². The van der Waals surface area contributed by atoms with Crippen LogP contribution in [0.2, 0.25) is 5.02 Å². The van der Waals surface area contributed by atoms with Gasteiger partial charge in [0.15, 0.2) is 0 Å². The van der Waals surface area contributed by atoms with Gasteiger partial charge in [0.2, 0.25) is 5.91 Å². The topological polar surface area (TPSA) is 43.1 Å². The van der Waals surface area contributed by atoms with Crippen LogP contribution in [0.5, 0.6) is 0 Å². The minimum absolute atomic E-state index is 0.391. The van der Waals surface area contributed by atoms with Gasteiger partial charge >= 0.3 is 0 Å². The first-order chi connectivity index (χ1) is 8.66. The summed E-state index contributed by atoms with van der Waals surface area (Å²) in [7, 11) is 0. The molecule has 0 unspecified atom stereocenters. The summed E-state index contributed by atoms with van der Waals surface area (Å²) in [5.74, 6) is 0.194. The molecular formula is C15H18ClNO. The zero-order valence-corrected chi connectivity index (χ0v) is 11.1. The molecule has 0 heterocycles. The highest BCUT2D eigenvalue weighted by molar-refractivity contribution is 6.33. The van der Waals surface area contributed by atoms with E-state index >= 15 is 0 Å². The van der Waals surface area contributed by atoms with Crippen molar-refractivity contribution in [2.24, 2.45) is 11.7 Å². The number of rotatable bonds is 3. The summed E-state index contributed by atoms with van der Waals surface area (Å²) in [5, 5.41) is 0.414. The van der Waals surface area contributed by atoms with E-state index in [2.05, 4.69) is 12.2 Å². The Balaban J connectivity index is 2.11. The predicted molar refractivity (Wildman–Crippen MR) is 75.6 cm³/mol. The maximum Gasteiger partial charge on any atom is 0.250 e. The Morgan fingerprint density at radius 3 is 2.67 bits per heavy atom. The monoisotopic (exact) mass is 263 g/mol. The number of amides is 1. The lowest BCUT2D eigenvalue weighted by molar-refractivity contribution is 0.100. The average molecular weight is 264 g/mol. The van der Waals surface area contributed by atoms with E-state index in [1.807, 2.05) is 6.07 Å². The Labute approximate surface area is 113 Å². The third kappa shape index (κ3) is 3.36. The summed E-state index contributed by atoms with van der Waals surface area (Å²) < 4.78 is 0. The molecule has 0 saturated heterocycles. The van der Waals surface area contributed by atoms with Gasteiger partial charge in [-0.3, -0.25) is 4.79 Å². The van der Waals surface area contributed by atoms with Crippen LogP contribution in [-0.2, 0) is 0 Å². The first-order valence-electron chi connectivity index (χ1n) is 6.44. The van der Waals surface area contributed by atoms with Crippen LogP contribution >= 0.6 is 11.6 Å². The van der Waals surface area contributed by atoms with Gasteiger partial charge in [0.1, 0.15) is 0 Å². The lowest BCUT2D eigenvalue weighted by atomic mass is 9.89. The van der Waals surface area contributed by atoms with Crippen molar-refractivity contribution in [2.75, 3.05) is 0 Å². The second kappa shape index (κ2) is 6.05. The molecule has 1 aromatic carbocycles. The Morgan fingerprint density at radius 1 is 1.28 bits per heavy atom. The summed E-state index contributed by atoms with van der Waals surface area (Å²) in [6.07, 6.45) is 10.9. The molecule has 2 nitrogen and oxygen atoms in total. The molecule has 1 fully saturated rings. The first kappa shape index (κ1) is 13.2. The van der Waals surface area contributed by atoms with Crippen molar-refractivity contribution in [1.29, 1.82) is 0 Å². The number of carbonyl (C=O) groups is 1. The quantitative estimate of drug-likeness (QED) is 0.879. The van der Waals surface area contributed by atoms with E-state index in [0.717, 1.165) is 5.56 Å². The van der Waals surface area contributed by atoms with E-state index in [1.54, 1.807) is 12.1 Å². The zero-order chi connectivity index (χ0) is 13.0. The van der Waals surface area contributed by atoms with Crippen molar-refractivity contribution >= 4 is 23.6 Å². The van der Waals surface area contributed by atoms with Crippen molar-refractivity contribution in [3.8, 4) is 0 Å². The van der Waals surface area contributed by atoms with Crippen molar-refractivity contribution in [1.82, 2.24) is 0 Å². The average Bonchev–Trinajstić information content (AvgIpc) is 2.38. The van der Waals surface area contributed by atoms with Crippen LogP contribution in [-0.4, -0.2) is 5.91 Å². The van der Waals surface area contributed by atoms with Crippen molar-refractivity contribution in [2.45, 2.75) is 32.1 Å². The lowest BCUT2D eigenvalue weighted by Crippen LogP contribution is -2.11. The van der Waals surface area contributed by atoms with Crippen LogP contribution in [0.1, 0.15) is 48.0 Å². The molecule has 0 aliphatic heterocycles. The molecule has 1 amide bonds. The molecule has 0 aromatic heterocycles. The molecule has 1 aliphatic rings. The molecule has 1 saturated carbocycles. The van der Waals surface area contributed by atoms with Crippen LogP contribution < -0.4 is 5.73 Å². The van der Waals surface area contributed by atoms with Crippen LogP contribution in [0.3, 0.4) is 0 Å². The number of allylic oxidation sites excluding steroid dienone is 1. The maximum absolute atomic E-state index is 11.2. The van der Waals surface area contributed by atoms with E-state index in [0.29, 0.717) is 16.5 Å². The number of hydrogen-bond donors (Lipinski definition) is 1. The number of halogens is 1. The molecule has 2 N–H and O–H groups in total. The fourth-order valence-corrected chi connectivity index (χ4v) is 2.62. The fourth-order valence-electron chi connectivity index (χ4n) is 2.41. The van der Waals surface area contributed by atoms with Gasteiger partial charge in [-0.05, 0) is 36.5 Å². The Hall–Kier alpha value is -1.28.